The fraction of sp³-hybridized carbons (Fsp3) is 0. The van der Waals surface area contributed by atoms with E-state index in [9.17, 15) is 25.2 Å². The van der Waals surface area contributed by atoms with Crippen molar-refractivity contribution in [2.24, 2.45) is 0 Å². The maximum atomic E-state index is 9.87. The van der Waals surface area contributed by atoms with Crippen LogP contribution in [-0.2, 0) is 26.4 Å². The van der Waals surface area contributed by atoms with Crippen LogP contribution in [0.2, 0.25) is 0 Å². The summed E-state index contributed by atoms with van der Waals surface area (Å²) >= 11 is 0. The van der Waals surface area contributed by atoms with Gasteiger partial charge in [-0.1, -0.05) is 24.3 Å². The molecule has 4 nitrogen and oxygen atoms in total. The molecule has 1 aliphatic rings. The van der Waals surface area contributed by atoms with Crippen LogP contribution in [0.15, 0.2) is 24.3 Å². The summed E-state index contributed by atoms with van der Waals surface area (Å²) in [6.45, 7) is 9.00. The summed E-state index contributed by atoms with van der Waals surface area (Å²) in [5, 5.41) is 0. The summed E-state index contributed by atoms with van der Waals surface area (Å²) in [5.41, 5.74) is 5.75. The van der Waals surface area contributed by atoms with Crippen molar-refractivity contribution in [3.63, 3.8) is 0 Å². The molecule has 2 radical (unpaired) electrons. The monoisotopic (exact) mass is 351 g/mol. The first kappa shape index (κ1) is 30.8. The summed E-state index contributed by atoms with van der Waals surface area (Å²) in [4.78, 5) is 7.25. The van der Waals surface area contributed by atoms with Crippen LogP contribution in [0.4, 0.5) is 25.2 Å². The van der Waals surface area contributed by atoms with Gasteiger partial charge in [0.25, 0.3) is 0 Å². The Hall–Kier alpha value is -0.911. The molecular formula is C7H5F6MnNO3P. The Labute approximate surface area is 114 Å². The van der Waals surface area contributed by atoms with E-state index in [0.717, 1.165) is 0 Å². The second kappa shape index (κ2) is 12.1. The second-order valence-electron chi connectivity index (χ2n) is 1.92. The topological polar surface area (TPSA) is 79.2 Å². The van der Waals surface area contributed by atoms with Crippen LogP contribution >= 0.6 is 7.81 Å². The molecule has 0 bridgehead atoms. The van der Waals surface area contributed by atoms with Gasteiger partial charge in [-0.3, -0.25) is 0 Å². The van der Waals surface area contributed by atoms with Gasteiger partial charge in [0.2, 0.25) is 0 Å². The zero-order valence-corrected chi connectivity index (χ0v) is 10.7. The third kappa shape index (κ3) is 233. The van der Waals surface area contributed by atoms with E-state index in [1.54, 1.807) is 0 Å². The molecule has 0 unspecified atom stereocenters. The average molecular weight is 351 g/mol. The molecule has 1 rings (SSSR count). The van der Waals surface area contributed by atoms with E-state index in [-0.39, 0.29) is 17.1 Å². The fourth-order valence-corrected chi connectivity index (χ4v) is 0.321. The number of rotatable bonds is 0. The first-order chi connectivity index (χ1) is 7.95. The van der Waals surface area contributed by atoms with Crippen molar-refractivity contribution >= 4 is 7.81 Å². The molecule has 0 atom stereocenters. The summed E-state index contributed by atoms with van der Waals surface area (Å²) in [5.74, 6) is 0. The fourth-order valence-electron chi connectivity index (χ4n) is 0.321. The van der Waals surface area contributed by atoms with Gasteiger partial charge in [-0.2, -0.15) is 0 Å². The van der Waals surface area contributed by atoms with Crippen molar-refractivity contribution < 1.29 is 51.6 Å². The molecule has 0 aromatic carbocycles. The average Bonchev–Trinajstić information content (AvgIpc) is 2.79. The van der Waals surface area contributed by atoms with Crippen molar-refractivity contribution in [3.8, 4) is 0 Å². The predicted molar refractivity (Wildman–Crippen MR) is 50.7 cm³/mol. The van der Waals surface area contributed by atoms with Crippen molar-refractivity contribution in [2.45, 2.75) is 0 Å². The molecule has 0 aromatic heterocycles. The standard InChI is InChI=1S/C5H5.2CO.F6P.Mn.NO/c1-2-4-5-3-1;2*1-2;1-7(2,3,4,5)6;;1-2/h1-5H;;;;;/q;;;-1;+2;-1. The Morgan fingerprint density at radius 2 is 0.895 bits per heavy atom. The third-order valence-electron chi connectivity index (χ3n) is 0.556. The molecule has 1 aliphatic carbocycles. The Bertz CT molecular complexity index is 282. The number of hydrogen-bond donors (Lipinski definition) is 0. The third-order valence-corrected chi connectivity index (χ3v) is 0.556. The van der Waals surface area contributed by atoms with Gasteiger partial charge in [-0.25, -0.2) is 0 Å². The quantitative estimate of drug-likeness (QED) is 0.200. The molecule has 110 valence electrons. The molecule has 0 heterocycles. The second-order valence-corrected chi connectivity index (χ2v) is 3.84. The van der Waals surface area contributed by atoms with Crippen LogP contribution in [0.1, 0.15) is 0 Å². The van der Waals surface area contributed by atoms with Crippen LogP contribution < -0.4 is 0 Å². The van der Waals surface area contributed by atoms with Gasteiger partial charge in [-0.05, 0) is 0 Å². The van der Waals surface area contributed by atoms with Crippen LogP contribution in [0, 0.1) is 24.6 Å². The van der Waals surface area contributed by atoms with Gasteiger partial charge >= 0.3 is 72.7 Å². The Morgan fingerprint density at radius 1 is 0.737 bits per heavy atom. The Balaban J connectivity index is -0.0000000482. The summed E-state index contributed by atoms with van der Waals surface area (Å²) < 4.78 is 74.2. The molecule has 0 saturated carbocycles. The van der Waals surface area contributed by atoms with E-state index >= 15 is 0 Å². The summed E-state index contributed by atoms with van der Waals surface area (Å²) in [6.07, 6.45) is 10.0. The van der Waals surface area contributed by atoms with E-state index in [1.165, 1.54) is 0 Å². The maximum Gasteiger partial charge on any atom is 2.00 e. The smallest absolute Gasteiger partial charge is 0.577 e. The van der Waals surface area contributed by atoms with E-state index in [0.29, 0.717) is 0 Å². The van der Waals surface area contributed by atoms with Crippen LogP contribution in [0.25, 0.3) is 5.59 Å². The zero-order chi connectivity index (χ0) is 15.9. The number of allylic oxidation sites excluding steroid dienone is 4. The zero-order valence-electron chi connectivity index (χ0n) is 8.65. The summed E-state index contributed by atoms with van der Waals surface area (Å²) in [6, 6.07) is 0. The first-order valence-electron chi connectivity index (χ1n) is 3.27. The number of hydrogen-bond acceptors (Lipinski definition) is 1. The molecule has 0 spiro atoms. The molecule has 0 aromatic rings. The van der Waals surface area contributed by atoms with Gasteiger partial charge in [0, 0.05) is 6.42 Å². The minimum atomic E-state index is -10.7. The van der Waals surface area contributed by atoms with Crippen LogP contribution in [0.5, 0.6) is 0 Å². The van der Waals surface area contributed by atoms with Gasteiger partial charge < -0.3 is 10.5 Å². The molecular weight excluding hydrogens is 346 g/mol. The first-order valence-corrected chi connectivity index (χ1v) is 5.30. The molecule has 0 saturated heterocycles. The van der Waals surface area contributed by atoms with Crippen molar-refractivity contribution in [1.29, 1.82) is 0 Å². The number of nitrogens with zero attached hydrogens (tertiary/aromatic N) is 1. The number of halogens is 6. The van der Waals surface area contributed by atoms with E-state index < -0.39 is 7.81 Å². The Morgan fingerprint density at radius 3 is 0.947 bits per heavy atom. The van der Waals surface area contributed by atoms with Crippen LogP contribution in [-0.4, -0.2) is 0 Å². The molecule has 0 fully saturated rings. The van der Waals surface area contributed by atoms with Gasteiger partial charge in [0.15, 0.2) is 0 Å². The van der Waals surface area contributed by atoms with Gasteiger partial charge in [0.05, 0.1) is 0 Å². The van der Waals surface area contributed by atoms with Crippen LogP contribution in [0.3, 0.4) is 0 Å². The molecule has 19 heavy (non-hydrogen) atoms. The summed E-state index contributed by atoms with van der Waals surface area (Å²) in [7, 11) is -10.7. The minimum Gasteiger partial charge on any atom is -0.577 e. The molecule has 12 heteroatoms. The SMILES string of the molecule is F[P-](F)(F)(F)(F)F.[C-]#[O+].[C-]#[O+].[CH]1C=CC=C1.[Mn+2].[N-]=O. The largest absolute Gasteiger partial charge is 2.00 e. The molecule has 0 amide bonds. The Kier molecular flexibility index (Phi) is 19.7. The molecule has 0 aliphatic heterocycles. The van der Waals surface area contributed by atoms with Gasteiger partial charge in [-0.15, -0.1) is 0 Å². The van der Waals surface area contributed by atoms with E-state index in [2.05, 4.69) is 13.3 Å². The van der Waals surface area contributed by atoms with Gasteiger partial charge in [0.1, 0.15) is 0 Å². The number of nitroso groups, excluding NO2 is 1. The minimum absolute atomic E-state index is 0. The van der Waals surface area contributed by atoms with Crippen molar-refractivity contribution in [2.75, 3.05) is 0 Å². The normalized spacial score (nSPS) is 13.6. The van der Waals surface area contributed by atoms with E-state index in [4.69, 9.17) is 19.8 Å². The van der Waals surface area contributed by atoms with E-state index in [1.807, 2.05) is 30.7 Å². The maximum absolute atomic E-state index is 10.7. The van der Waals surface area contributed by atoms with Crippen molar-refractivity contribution in [1.82, 2.24) is 0 Å². The predicted octanol–water partition coefficient (Wildman–Crippen LogP) is 4.94. The molecule has 0 N–H and O–H groups in total. The van der Waals surface area contributed by atoms with Crippen molar-refractivity contribution in [3.05, 3.63) is 54.5 Å².